The first-order chi connectivity index (χ1) is 9.25. The Bertz CT molecular complexity index is 420. The van der Waals surface area contributed by atoms with Crippen LogP contribution in [0.1, 0.15) is 25.7 Å². The molecule has 1 fully saturated rings. The van der Waals surface area contributed by atoms with Gasteiger partial charge in [-0.15, -0.1) is 0 Å². The summed E-state index contributed by atoms with van der Waals surface area (Å²) in [6, 6.07) is 6.45. The van der Waals surface area contributed by atoms with Gasteiger partial charge in [-0.1, -0.05) is 18.6 Å². The van der Waals surface area contributed by atoms with Crippen LogP contribution >= 0.6 is 0 Å². The Balaban J connectivity index is 1.68. The Kier molecular flexibility index (Phi) is 5.15. The van der Waals surface area contributed by atoms with Gasteiger partial charge < -0.3 is 10.1 Å². The molecule has 1 aromatic rings. The van der Waals surface area contributed by atoms with Crippen molar-refractivity contribution in [1.82, 2.24) is 5.32 Å². The second kappa shape index (κ2) is 7.09. The molecule has 1 aromatic carbocycles. The highest BCUT2D eigenvalue weighted by Gasteiger charge is 2.13. The van der Waals surface area contributed by atoms with Crippen LogP contribution in [0.25, 0.3) is 0 Å². The highest BCUT2D eigenvalue weighted by molar-refractivity contribution is 5.84. The normalized spacial score (nSPS) is 18.9. The summed E-state index contributed by atoms with van der Waals surface area (Å²) in [4.78, 5) is 11.5. The van der Waals surface area contributed by atoms with Gasteiger partial charge in [0.05, 0.1) is 12.3 Å². The molecule has 0 radical (unpaired) electrons. The van der Waals surface area contributed by atoms with E-state index in [9.17, 15) is 9.18 Å². The second-order valence-corrected chi connectivity index (χ2v) is 4.68. The molecule has 0 saturated carbocycles. The van der Waals surface area contributed by atoms with Crippen molar-refractivity contribution >= 4 is 11.8 Å². The van der Waals surface area contributed by atoms with E-state index in [-0.39, 0.29) is 5.69 Å². The maximum atomic E-state index is 13.3. The Hall–Kier alpha value is -1.62. The number of amides is 1. The molecule has 104 valence electrons. The number of nitrogens with one attached hydrogen (secondary N) is 2. The molecule has 2 rings (SSSR count). The number of piperidine rings is 1. The highest BCUT2D eigenvalue weighted by atomic mass is 19.1. The standard InChI is InChI=1S/C14H19FN2O2/c15-12-6-1-2-7-13(12)17-14(18)19-10-8-11-5-3-4-9-16-11/h1-2,6-7,11,16H,3-5,8-10H2,(H,17,18). The largest absolute Gasteiger partial charge is 0.449 e. The van der Waals surface area contributed by atoms with Crippen molar-refractivity contribution in [3.8, 4) is 0 Å². The lowest BCUT2D eigenvalue weighted by atomic mass is 10.0. The van der Waals surface area contributed by atoms with E-state index in [1.807, 2.05) is 0 Å². The lowest BCUT2D eigenvalue weighted by molar-refractivity contribution is 0.153. The quantitative estimate of drug-likeness (QED) is 0.881. The minimum Gasteiger partial charge on any atom is -0.449 e. The van der Waals surface area contributed by atoms with Gasteiger partial charge in [-0.25, -0.2) is 9.18 Å². The summed E-state index contributed by atoms with van der Waals surface area (Å²) in [5, 5.41) is 5.77. The number of hydrogen-bond donors (Lipinski definition) is 2. The van der Waals surface area contributed by atoms with Gasteiger partial charge >= 0.3 is 6.09 Å². The van der Waals surface area contributed by atoms with Gasteiger partial charge in [0.25, 0.3) is 0 Å². The molecule has 0 aromatic heterocycles. The van der Waals surface area contributed by atoms with Gasteiger partial charge in [-0.2, -0.15) is 0 Å². The number of hydrogen-bond acceptors (Lipinski definition) is 3. The summed E-state index contributed by atoms with van der Waals surface area (Å²) < 4.78 is 18.3. The Morgan fingerprint density at radius 2 is 2.26 bits per heavy atom. The van der Waals surface area contributed by atoms with Crippen molar-refractivity contribution in [2.24, 2.45) is 0 Å². The molecule has 0 bridgehead atoms. The third kappa shape index (κ3) is 4.52. The molecule has 2 N–H and O–H groups in total. The third-order valence-electron chi connectivity index (χ3n) is 3.22. The Morgan fingerprint density at radius 3 is 3.00 bits per heavy atom. The SMILES string of the molecule is O=C(Nc1ccccc1F)OCCC1CCCCN1. The van der Waals surface area contributed by atoms with E-state index in [4.69, 9.17) is 4.74 Å². The molecule has 1 aliphatic rings. The maximum Gasteiger partial charge on any atom is 0.411 e. The molecule has 19 heavy (non-hydrogen) atoms. The minimum atomic E-state index is -0.610. The zero-order chi connectivity index (χ0) is 13.5. The van der Waals surface area contributed by atoms with E-state index < -0.39 is 11.9 Å². The fourth-order valence-corrected chi connectivity index (χ4v) is 2.17. The maximum absolute atomic E-state index is 13.3. The van der Waals surface area contributed by atoms with Gasteiger partial charge in [0.15, 0.2) is 0 Å². The Morgan fingerprint density at radius 1 is 1.42 bits per heavy atom. The summed E-state index contributed by atoms with van der Waals surface area (Å²) in [6.45, 7) is 1.38. The molecule has 1 atom stereocenters. The zero-order valence-corrected chi connectivity index (χ0v) is 10.8. The van der Waals surface area contributed by atoms with Crippen LogP contribution in [0.15, 0.2) is 24.3 Å². The van der Waals surface area contributed by atoms with E-state index >= 15 is 0 Å². The van der Waals surface area contributed by atoms with Crippen LogP contribution in [0, 0.1) is 5.82 Å². The topological polar surface area (TPSA) is 50.4 Å². The smallest absolute Gasteiger partial charge is 0.411 e. The van der Waals surface area contributed by atoms with Crippen LogP contribution in [0.5, 0.6) is 0 Å². The third-order valence-corrected chi connectivity index (χ3v) is 3.22. The highest BCUT2D eigenvalue weighted by Crippen LogP contribution is 2.13. The van der Waals surface area contributed by atoms with Gasteiger partial charge in [0.2, 0.25) is 0 Å². The van der Waals surface area contributed by atoms with Crippen LogP contribution in [0.4, 0.5) is 14.9 Å². The number of anilines is 1. The van der Waals surface area contributed by atoms with Crippen LogP contribution in [0.2, 0.25) is 0 Å². The summed E-state index contributed by atoms with van der Waals surface area (Å²) in [6.07, 6.45) is 3.74. The molecule has 1 aliphatic heterocycles. The van der Waals surface area contributed by atoms with Gasteiger partial charge in [-0.3, -0.25) is 5.32 Å². The summed E-state index contributed by atoms with van der Waals surface area (Å²) >= 11 is 0. The van der Waals surface area contributed by atoms with Crippen molar-refractivity contribution in [2.45, 2.75) is 31.7 Å². The number of benzene rings is 1. The van der Waals surface area contributed by atoms with Crippen LogP contribution < -0.4 is 10.6 Å². The van der Waals surface area contributed by atoms with E-state index in [0.29, 0.717) is 12.6 Å². The summed E-state index contributed by atoms with van der Waals surface area (Å²) in [5.41, 5.74) is 0.142. The molecule has 1 amide bonds. The number of carbonyl (C=O) groups is 1. The predicted octanol–water partition coefficient (Wildman–Crippen LogP) is 2.91. The predicted molar refractivity (Wildman–Crippen MR) is 71.6 cm³/mol. The molecule has 4 nitrogen and oxygen atoms in total. The van der Waals surface area contributed by atoms with Crippen molar-refractivity contribution in [1.29, 1.82) is 0 Å². The van der Waals surface area contributed by atoms with E-state index in [0.717, 1.165) is 19.4 Å². The number of ether oxygens (including phenoxy) is 1. The van der Waals surface area contributed by atoms with E-state index in [1.165, 1.54) is 25.0 Å². The number of rotatable bonds is 4. The van der Waals surface area contributed by atoms with Crippen molar-refractivity contribution < 1.29 is 13.9 Å². The number of halogens is 1. The van der Waals surface area contributed by atoms with E-state index in [2.05, 4.69) is 10.6 Å². The molecule has 1 heterocycles. The Labute approximate surface area is 112 Å². The van der Waals surface area contributed by atoms with Gasteiger partial charge in [0, 0.05) is 6.04 Å². The first-order valence-electron chi connectivity index (χ1n) is 6.67. The fraction of sp³-hybridized carbons (Fsp3) is 0.500. The first kappa shape index (κ1) is 13.8. The number of carbonyl (C=O) groups excluding carboxylic acids is 1. The zero-order valence-electron chi connectivity index (χ0n) is 10.8. The van der Waals surface area contributed by atoms with Gasteiger partial charge in [0.1, 0.15) is 5.82 Å². The fourth-order valence-electron chi connectivity index (χ4n) is 2.17. The summed E-state index contributed by atoms with van der Waals surface area (Å²) in [5.74, 6) is -0.464. The average molecular weight is 266 g/mol. The average Bonchev–Trinajstić information content (AvgIpc) is 2.43. The lowest BCUT2D eigenvalue weighted by Gasteiger charge is -2.23. The van der Waals surface area contributed by atoms with E-state index in [1.54, 1.807) is 12.1 Å². The number of para-hydroxylation sites is 1. The van der Waals surface area contributed by atoms with Gasteiger partial charge in [-0.05, 0) is 37.9 Å². The molecular weight excluding hydrogens is 247 g/mol. The second-order valence-electron chi connectivity index (χ2n) is 4.68. The van der Waals surface area contributed by atoms with Crippen molar-refractivity contribution in [3.63, 3.8) is 0 Å². The van der Waals surface area contributed by atoms with Crippen LogP contribution in [0.3, 0.4) is 0 Å². The molecule has 1 saturated heterocycles. The molecule has 1 unspecified atom stereocenters. The lowest BCUT2D eigenvalue weighted by Crippen LogP contribution is -2.35. The minimum absolute atomic E-state index is 0.142. The monoisotopic (exact) mass is 266 g/mol. The molecule has 0 spiro atoms. The summed E-state index contributed by atoms with van der Waals surface area (Å²) in [7, 11) is 0. The molecule has 5 heteroatoms. The molecule has 0 aliphatic carbocycles. The first-order valence-corrected chi connectivity index (χ1v) is 6.67. The van der Waals surface area contributed by atoms with Crippen LogP contribution in [-0.2, 0) is 4.74 Å². The van der Waals surface area contributed by atoms with Crippen molar-refractivity contribution in [3.05, 3.63) is 30.1 Å². The molecular formula is C14H19FN2O2. The van der Waals surface area contributed by atoms with Crippen LogP contribution in [-0.4, -0.2) is 25.3 Å². The van der Waals surface area contributed by atoms with Crippen molar-refractivity contribution in [2.75, 3.05) is 18.5 Å².